The van der Waals surface area contributed by atoms with Gasteiger partial charge in [0, 0.05) is 19.8 Å². The Morgan fingerprint density at radius 3 is 3.04 bits per heavy atom. The number of pyridine rings is 1. The molecule has 1 unspecified atom stereocenters. The Hall–Kier alpha value is -1.99. The normalized spacial score (nSPS) is 18.3. The summed E-state index contributed by atoms with van der Waals surface area (Å²) < 4.78 is 0. The van der Waals surface area contributed by atoms with Gasteiger partial charge in [-0.3, -0.25) is 14.7 Å². The third-order valence-electron chi connectivity index (χ3n) is 4.25. The Bertz CT molecular complexity index is 687. The number of carbonyl (C=O) groups excluding carboxylic acids is 1. The van der Waals surface area contributed by atoms with Gasteiger partial charge in [-0.05, 0) is 31.5 Å². The van der Waals surface area contributed by atoms with Gasteiger partial charge in [0.25, 0.3) is 5.91 Å². The second-order valence-corrected chi connectivity index (χ2v) is 6.64. The Morgan fingerprint density at radius 2 is 2.35 bits per heavy atom. The van der Waals surface area contributed by atoms with Crippen LogP contribution in [0.4, 0.5) is 5.13 Å². The highest BCUT2D eigenvalue weighted by atomic mass is 32.1. The van der Waals surface area contributed by atoms with E-state index in [0.29, 0.717) is 10.8 Å². The molecule has 7 heteroatoms. The van der Waals surface area contributed by atoms with E-state index in [1.54, 1.807) is 11.1 Å². The maximum Gasteiger partial charge on any atom is 0.275 e. The number of nitrogen functional groups attached to an aromatic ring is 1. The average Bonchev–Trinajstić information content (AvgIpc) is 3.20. The summed E-state index contributed by atoms with van der Waals surface area (Å²) in [4.78, 5) is 26.4. The topological polar surface area (TPSA) is 75.3 Å². The van der Waals surface area contributed by atoms with E-state index in [1.807, 2.05) is 25.2 Å². The minimum atomic E-state index is -0.0936. The molecule has 1 fully saturated rings. The van der Waals surface area contributed by atoms with Gasteiger partial charge in [-0.2, -0.15) is 0 Å². The van der Waals surface area contributed by atoms with Crippen molar-refractivity contribution in [3.8, 4) is 10.6 Å². The number of hydrogen-bond donors (Lipinski definition) is 1. The van der Waals surface area contributed by atoms with E-state index in [9.17, 15) is 4.79 Å². The van der Waals surface area contributed by atoms with Gasteiger partial charge < -0.3 is 10.6 Å². The molecular formula is C16H21N5OS. The van der Waals surface area contributed by atoms with Gasteiger partial charge in [-0.1, -0.05) is 24.3 Å². The zero-order chi connectivity index (χ0) is 16.4. The Labute approximate surface area is 140 Å². The first-order chi connectivity index (χ1) is 11.1. The number of carbonyl (C=O) groups is 1. The van der Waals surface area contributed by atoms with Gasteiger partial charge in [0.2, 0.25) is 0 Å². The van der Waals surface area contributed by atoms with Gasteiger partial charge in [0.1, 0.15) is 0 Å². The number of nitrogens with two attached hydrogens (primary N) is 1. The van der Waals surface area contributed by atoms with Crippen LogP contribution in [-0.4, -0.2) is 52.0 Å². The fourth-order valence-electron chi connectivity index (χ4n) is 3.07. The molecule has 1 aliphatic heterocycles. The van der Waals surface area contributed by atoms with Gasteiger partial charge in [0.05, 0.1) is 16.7 Å². The van der Waals surface area contributed by atoms with Crippen molar-refractivity contribution in [3.63, 3.8) is 0 Å². The lowest BCUT2D eigenvalue weighted by molar-refractivity contribution is 0.0543. The van der Waals surface area contributed by atoms with Crippen molar-refractivity contribution in [2.45, 2.75) is 25.9 Å². The van der Waals surface area contributed by atoms with E-state index in [-0.39, 0.29) is 12.1 Å². The molecule has 0 bridgehead atoms. The molecular weight excluding hydrogens is 310 g/mol. The third kappa shape index (κ3) is 3.07. The minimum absolute atomic E-state index is 0.0936. The number of rotatable bonds is 4. The third-order valence-corrected chi connectivity index (χ3v) is 5.15. The van der Waals surface area contributed by atoms with E-state index >= 15 is 0 Å². The van der Waals surface area contributed by atoms with Crippen molar-refractivity contribution in [1.29, 1.82) is 0 Å². The van der Waals surface area contributed by atoms with Gasteiger partial charge in [0.15, 0.2) is 10.8 Å². The largest absolute Gasteiger partial charge is 0.375 e. The highest BCUT2D eigenvalue weighted by Crippen LogP contribution is 2.32. The molecule has 6 nitrogen and oxygen atoms in total. The second-order valence-electron chi connectivity index (χ2n) is 5.61. The number of hydrogen-bond acceptors (Lipinski definition) is 6. The first-order valence-electron chi connectivity index (χ1n) is 7.80. The zero-order valence-corrected chi connectivity index (χ0v) is 14.2. The number of aromatic nitrogens is 2. The lowest BCUT2D eigenvalue weighted by atomic mass is 10.2. The van der Waals surface area contributed by atoms with E-state index in [2.05, 4.69) is 21.8 Å². The highest BCUT2D eigenvalue weighted by molar-refractivity contribution is 7.19. The molecule has 1 amide bonds. The number of amides is 1. The van der Waals surface area contributed by atoms with Gasteiger partial charge >= 0.3 is 0 Å². The molecule has 3 rings (SSSR count). The summed E-state index contributed by atoms with van der Waals surface area (Å²) >= 11 is 1.31. The van der Waals surface area contributed by atoms with Crippen LogP contribution >= 0.6 is 11.3 Å². The molecule has 3 heterocycles. The van der Waals surface area contributed by atoms with Crippen molar-refractivity contribution in [2.75, 3.05) is 25.9 Å². The zero-order valence-electron chi connectivity index (χ0n) is 13.4. The smallest absolute Gasteiger partial charge is 0.275 e. The molecule has 0 aliphatic carbocycles. The molecule has 0 saturated carbocycles. The number of likely N-dealkylation sites (tertiary alicyclic amines) is 1. The number of anilines is 1. The van der Waals surface area contributed by atoms with E-state index in [4.69, 9.17) is 5.73 Å². The number of thiazole rings is 1. The highest BCUT2D eigenvalue weighted by Gasteiger charge is 2.32. The maximum atomic E-state index is 13.0. The first kappa shape index (κ1) is 15.9. The van der Waals surface area contributed by atoms with Crippen LogP contribution in [-0.2, 0) is 0 Å². The maximum absolute atomic E-state index is 13.0. The molecule has 1 saturated heterocycles. The summed E-state index contributed by atoms with van der Waals surface area (Å²) in [6.45, 7) is 4.09. The van der Waals surface area contributed by atoms with Crippen LogP contribution < -0.4 is 5.73 Å². The molecule has 2 N–H and O–H groups in total. The fraction of sp³-hybridized carbons (Fsp3) is 0.438. The summed E-state index contributed by atoms with van der Waals surface area (Å²) in [6, 6.07) is 5.61. The molecule has 2 aromatic heterocycles. The van der Waals surface area contributed by atoms with Crippen LogP contribution in [0.3, 0.4) is 0 Å². The minimum Gasteiger partial charge on any atom is -0.375 e. The molecule has 0 radical (unpaired) electrons. The molecule has 0 aromatic carbocycles. The predicted octanol–water partition coefficient (Wildman–Crippen LogP) is 2.30. The van der Waals surface area contributed by atoms with E-state index in [1.165, 1.54) is 11.3 Å². The van der Waals surface area contributed by atoms with Crippen molar-refractivity contribution in [3.05, 3.63) is 30.1 Å². The molecule has 23 heavy (non-hydrogen) atoms. The van der Waals surface area contributed by atoms with Crippen molar-refractivity contribution in [1.82, 2.24) is 19.8 Å². The summed E-state index contributed by atoms with van der Waals surface area (Å²) in [5, 5.41) is 0.390. The monoisotopic (exact) mass is 331 g/mol. The molecule has 0 spiro atoms. The van der Waals surface area contributed by atoms with Gasteiger partial charge in [-0.25, -0.2) is 4.98 Å². The Balaban J connectivity index is 1.91. The molecule has 122 valence electrons. The summed E-state index contributed by atoms with van der Waals surface area (Å²) in [6.07, 6.45) is 3.95. The molecule has 1 aliphatic rings. The summed E-state index contributed by atoms with van der Waals surface area (Å²) in [7, 11) is 1.85. The fourth-order valence-corrected chi connectivity index (χ4v) is 3.87. The van der Waals surface area contributed by atoms with E-state index in [0.717, 1.165) is 36.5 Å². The van der Waals surface area contributed by atoms with Crippen molar-refractivity contribution >= 4 is 22.4 Å². The average molecular weight is 331 g/mol. The summed E-state index contributed by atoms with van der Waals surface area (Å²) in [5.74, 6) is -0.0936. The Morgan fingerprint density at radius 1 is 1.52 bits per heavy atom. The lowest BCUT2D eigenvalue weighted by Gasteiger charge is -2.31. The van der Waals surface area contributed by atoms with Crippen LogP contribution in [0.2, 0.25) is 0 Å². The van der Waals surface area contributed by atoms with Crippen LogP contribution in [0, 0.1) is 0 Å². The quantitative estimate of drug-likeness (QED) is 0.930. The Kier molecular flexibility index (Phi) is 4.58. The second kappa shape index (κ2) is 6.64. The first-order valence-corrected chi connectivity index (χ1v) is 8.62. The van der Waals surface area contributed by atoms with Crippen LogP contribution in [0.25, 0.3) is 10.6 Å². The molecule has 1 atom stereocenters. The van der Waals surface area contributed by atoms with Crippen molar-refractivity contribution in [2.24, 2.45) is 0 Å². The van der Waals surface area contributed by atoms with Crippen LogP contribution in [0.5, 0.6) is 0 Å². The van der Waals surface area contributed by atoms with Crippen LogP contribution in [0.1, 0.15) is 30.3 Å². The number of nitrogens with zero attached hydrogens (tertiary/aromatic N) is 4. The van der Waals surface area contributed by atoms with Crippen molar-refractivity contribution < 1.29 is 4.79 Å². The standard InChI is InChI=1S/C16H21N5OS/c1-3-21-10-6-8-12(21)20(2)15(22)13-14(23-16(17)19-13)11-7-4-5-9-18-11/h4-5,7,9,12H,3,6,8,10H2,1-2H3,(H2,17,19). The van der Waals surface area contributed by atoms with Crippen LogP contribution in [0.15, 0.2) is 24.4 Å². The van der Waals surface area contributed by atoms with E-state index < -0.39 is 0 Å². The predicted molar refractivity (Wildman–Crippen MR) is 92.1 cm³/mol. The SMILES string of the molecule is CCN1CCCC1N(C)C(=O)c1nc(N)sc1-c1ccccn1. The molecule has 2 aromatic rings. The lowest BCUT2D eigenvalue weighted by Crippen LogP contribution is -2.45. The summed E-state index contributed by atoms with van der Waals surface area (Å²) in [5.41, 5.74) is 6.99. The van der Waals surface area contributed by atoms with Gasteiger partial charge in [-0.15, -0.1) is 0 Å².